The summed E-state index contributed by atoms with van der Waals surface area (Å²) in [6, 6.07) is 7.38. The van der Waals surface area contributed by atoms with Gasteiger partial charge in [-0.05, 0) is 31.5 Å². The van der Waals surface area contributed by atoms with Crippen molar-refractivity contribution in [2.24, 2.45) is 5.10 Å². The second-order valence-corrected chi connectivity index (χ2v) is 5.80. The summed E-state index contributed by atoms with van der Waals surface area (Å²) < 4.78 is 1.15. The normalized spacial score (nSPS) is 11.3. The van der Waals surface area contributed by atoms with Crippen molar-refractivity contribution in [1.82, 2.24) is 15.0 Å². The number of aromatic nitrogens is 3. The first-order valence-electron chi connectivity index (χ1n) is 6.34. The molecule has 106 valence electrons. The second-order valence-electron chi connectivity index (χ2n) is 4.57. The van der Waals surface area contributed by atoms with Gasteiger partial charge in [0.15, 0.2) is 0 Å². The van der Waals surface area contributed by atoms with Crippen molar-refractivity contribution >= 4 is 33.7 Å². The fraction of sp³-hybridized carbons (Fsp3) is 0.143. The van der Waals surface area contributed by atoms with E-state index in [0.717, 1.165) is 20.8 Å². The molecule has 0 aliphatic heterocycles. The lowest BCUT2D eigenvalue weighted by atomic mass is 10.2. The molecule has 6 nitrogen and oxygen atoms in total. The van der Waals surface area contributed by atoms with Crippen LogP contribution in [0.1, 0.15) is 16.3 Å². The lowest BCUT2D eigenvalue weighted by molar-refractivity contribution is 1.04. The van der Waals surface area contributed by atoms with E-state index in [1.165, 1.54) is 6.07 Å². The molecule has 2 N–H and O–H groups in total. The van der Waals surface area contributed by atoms with Crippen LogP contribution in [0.15, 0.2) is 34.2 Å². The van der Waals surface area contributed by atoms with Crippen molar-refractivity contribution in [1.29, 1.82) is 0 Å². The Morgan fingerprint density at radius 1 is 1.29 bits per heavy atom. The Labute approximate surface area is 124 Å². The number of anilines is 1. The monoisotopic (exact) mass is 299 g/mol. The van der Waals surface area contributed by atoms with E-state index >= 15 is 0 Å². The van der Waals surface area contributed by atoms with E-state index in [9.17, 15) is 4.79 Å². The maximum Gasteiger partial charge on any atom is 0.252 e. The third-order valence-electron chi connectivity index (χ3n) is 2.77. The minimum atomic E-state index is -0.209. The van der Waals surface area contributed by atoms with Gasteiger partial charge >= 0.3 is 0 Å². The van der Waals surface area contributed by atoms with Crippen molar-refractivity contribution < 1.29 is 0 Å². The highest BCUT2D eigenvalue weighted by Crippen LogP contribution is 2.21. The molecule has 0 unspecified atom stereocenters. The van der Waals surface area contributed by atoms with Gasteiger partial charge in [-0.25, -0.2) is 15.4 Å². The molecule has 0 radical (unpaired) electrons. The topological polar surface area (TPSA) is 83.0 Å². The number of nitrogens with one attached hydrogen (secondary N) is 2. The van der Waals surface area contributed by atoms with Gasteiger partial charge in [0.05, 0.1) is 21.4 Å². The largest absolute Gasteiger partial charge is 0.291 e. The molecule has 0 fully saturated rings. The number of hydrogen-bond acceptors (Lipinski definition) is 6. The number of hydrogen-bond donors (Lipinski definition) is 2. The van der Waals surface area contributed by atoms with Crippen LogP contribution in [-0.4, -0.2) is 21.2 Å². The van der Waals surface area contributed by atoms with E-state index in [1.807, 2.05) is 25.1 Å². The standard InChI is InChI=1S/C14H13N5OS/c1-8-5-13(20)18-14(16-8)19-15-7-10-3-4-12-11(6-10)17-9(2)21-12/h3-7H,1-2H3,(H2,16,18,19,20)/b15-7-. The van der Waals surface area contributed by atoms with Crippen LogP contribution in [0, 0.1) is 13.8 Å². The Morgan fingerprint density at radius 3 is 2.95 bits per heavy atom. The van der Waals surface area contributed by atoms with E-state index in [2.05, 4.69) is 25.5 Å². The van der Waals surface area contributed by atoms with Crippen LogP contribution in [0.2, 0.25) is 0 Å². The van der Waals surface area contributed by atoms with Crippen molar-refractivity contribution in [2.75, 3.05) is 5.43 Å². The minimum Gasteiger partial charge on any atom is -0.291 e. The van der Waals surface area contributed by atoms with E-state index in [4.69, 9.17) is 0 Å². The molecule has 0 saturated carbocycles. The summed E-state index contributed by atoms with van der Waals surface area (Å²) in [7, 11) is 0. The molecule has 0 aliphatic rings. The molecule has 21 heavy (non-hydrogen) atoms. The zero-order valence-electron chi connectivity index (χ0n) is 11.5. The molecule has 3 rings (SSSR count). The maximum atomic E-state index is 11.3. The number of rotatable bonds is 3. The van der Waals surface area contributed by atoms with Crippen LogP contribution in [-0.2, 0) is 0 Å². The van der Waals surface area contributed by atoms with Crippen LogP contribution in [0.4, 0.5) is 5.95 Å². The third kappa shape index (κ3) is 3.14. The van der Waals surface area contributed by atoms with E-state index in [-0.39, 0.29) is 5.56 Å². The Morgan fingerprint density at radius 2 is 2.14 bits per heavy atom. The van der Waals surface area contributed by atoms with E-state index in [1.54, 1.807) is 24.5 Å². The Bertz CT molecular complexity index is 880. The zero-order valence-corrected chi connectivity index (χ0v) is 12.4. The van der Waals surface area contributed by atoms with Gasteiger partial charge < -0.3 is 0 Å². The third-order valence-corrected chi connectivity index (χ3v) is 3.72. The average Bonchev–Trinajstić information content (AvgIpc) is 2.77. The Hall–Kier alpha value is -2.54. The number of thiazole rings is 1. The Balaban J connectivity index is 1.79. The van der Waals surface area contributed by atoms with Crippen molar-refractivity contribution in [2.45, 2.75) is 13.8 Å². The molecule has 0 saturated heterocycles. The fourth-order valence-electron chi connectivity index (χ4n) is 1.94. The first-order valence-corrected chi connectivity index (χ1v) is 7.16. The second kappa shape index (κ2) is 5.45. The maximum absolute atomic E-state index is 11.3. The first kappa shape index (κ1) is 13.4. The number of benzene rings is 1. The summed E-state index contributed by atoms with van der Waals surface area (Å²) in [5, 5.41) is 5.12. The number of fused-ring (bicyclic) bond motifs is 1. The summed E-state index contributed by atoms with van der Waals surface area (Å²) in [6.45, 7) is 3.74. The van der Waals surface area contributed by atoms with Gasteiger partial charge in [-0.15, -0.1) is 11.3 Å². The lowest BCUT2D eigenvalue weighted by Gasteiger charge is -1.99. The molecule has 0 amide bonds. The molecular weight excluding hydrogens is 286 g/mol. The van der Waals surface area contributed by atoms with Crippen LogP contribution >= 0.6 is 11.3 Å². The van der Waals surface area contributed by atoms with Crippen LogP contribution < -0.4 is 11.0 Å². The number of aromatic amines is 1. The quantitative estimate of drug-likeness (QED) is 0.575. The number of aryl methyl sites for hydroxylation is 2. The average molecular weight is 299 g/mol. The van der Waals surface area contributed by atoms with Crippen molar-refractivity contribution in [3.8, 4) is 0 Å². The van der Waals surface area contributed by atoms with Crippen LogP contribution in [0.25, 0.3) is 10.2 Å². The SMILES string of the molecule is Cc1cc(=O)[nH]c(N/N=C\c2ccc3sc(C)nc3c2)n1. The van der Waals surface area contributed by atoms with Gasteiger partial charge in [0.1, 0.15) is 0 Å². The molecule has 0 aliphatic carbocycles. The summed E-state index contributed by atoms with van der Waals surface area (Å²) >= 11 is 1.66. The highest BCUT2D eigenvalue weighted by molar-refractivity contribution is 7.18. The lowest BCUT2D eigenvalue weighted by Crippen LogP contribution is -2.10. The van der Waals surface area contributed by atoms with E-state index < -0.39 is 0 Å². The molecule has 2 heterocycles. The number of hydrazone groups is 1. The molecular formula is C14H13N5OS. The summed E-state index contributed by atoms with van der Waals surface area (Å²) in [5.41, 5.74) is 5.03. The van der Waals surface area contributed by atoms with Crippen LogP contribution in [0.5, 0.6) is 0 Å². The van der Waals surface area contributed by atoms with Gasteiger partial charge in [0.2, 0.25) is 5.95 Å². The fourth-order valence-corrected chi connectivity index (χ4v) is 2.75. The first-order chi connectivity index (χ1) is 10.1. The molecule has 0 bridgehead atoms. The van der Waals surface area contributed by atoms with Gasteiger partial charge in [0, 0.05) is 11.8 Å². The van der Waals surface area contributed by atoms with Crippen molar-refractivity contribution in [3.05, 3.63) is 50.9 Å². The Kier molecular flexibility index (Phi) is 3.49. The molecule has 2 aromatic heterocycles. The highest BCUT2D eigenvalue weighted by Gasteiger charge is 2.00. The van der Waals surface area contributed by atoms with Gasteiger partial charge in [0.25, 0.3) is 5.56 Å². The summed E-state index contributed by atoms with van der Waals surface area (Å²) in [6.07, 6.45) is 1.66. The van der Waals surface area contributed by atoms with Crippen molar-refractivity contribution in [3.63, 3.8) is 0 Å². The highest BCUT2D eigenvalue weighted by atomic mass is 32.1. The van der Waals surface area contributed by atoms with E-state index in [0.29, 0.717) is 11.6 Å². The predicted octanol–water partition coefficient (Wildman–Crippen LogP) is 2.44. The molecule has 0 spiro atoms. The number of nitrogens with zero attached hydrogens (tertiary/aromatic N) is 3. The van der Waals surface area contributed by atoms with Gasteiger partial charge in [-0.2, -0.15) is 5.10 Å². The molecule has 3 aromatic rings. The molecule has 1 aromatic carbocycles. The summed E-state index contributed by atoms with van der Waals surface area (Å²) in [5.74, 6) is 0.321. The smallest absolute Gasteiger partial charge is 0.252 e. The molecule has 0 atom stereocenters. The molecule has 7 heteroatoms. The predicted molar refractivity (Wildman–Crippen MR) is 85.2 cm³/mol. The number of H-pyrrole nitrogens is 1. The summed E-state index contributed by atoms with van der Waals surface area (Å²) in [4.78, 5) is 22.4. The minimum absolute atomic E-state index is 0.209. The van der Waals surface area contributed by atoms with Gasteiger partial charge in [-0.1, -0.05) is 6.07 Å². The zero-order chi connectivity index (χ0) is 14.8. The van der Waals surface area contributed by atoms with Crippen LogP contribution in [0.3, 0.4) is 0 Å². The van der Waals surface area contributed by atoms with Gasteiger partial charge in [-0.3, -0.25) is 9.78 Å².